The Hall–Kier alpha value is -1.76. The molecular formula is C11H10BrN3O3. The number of amides is 3. The molecule has 0 spiro atoms. The molecule has 0 saturated carbocycles. The highest BCUT2D eigenvalue weighted by Crippen LogP contribution is 2.12. The van der Waals surface area contributed by atoms with E-state index in [1.165, 1.54) is 11.1 Å². The molecule has 1 aromatic rings. The minimum Gasteiger partial charge on any atom is -0.318 e. The zero-order valence-corrected chi connectivity index (χ0v) is 11.1. The molecule has 3 amide bonds. The highest BCUT2D eigenvalue weighted by Gasteiger charge is 2.33. The monoisotopic (exact) mass is 311 g/mol. The fraction of sp³-hybridized carbons (Fsp3) is 0.273. The van der Waals surface area contributed by atoms with Crippen LogP contribution in [0, 0.1) is 0 Å². The molecule has 7 heteroatoms. The van der Waals surface area contributed by atoms with Crippen molar-refractivity contribution in [3.63, 3.8) is 0 Å². The van der Waals surface area contributed by atoms with Crippen LogP contribution in [-0.2, 0) is 9.59 Å². The third-order valence-corrected chi connectivity index (χ3v) is 3.13. The zero-order valence-electron chi connectivity index (χ0n) is 9.51. The normalized spacial score (nSPS) is 19.7. The van der Waals surface area contributed by atoms with Gasteiger partial charge in [0.2, 0.25) is 11.8 Å². The number of hydrogen-bond acceptors (Lipinski definition) is 4. The maximum absolute atomic E-state index is 12.2. The fourth-order valence-corrected chi connectivity index (χ4v) is 1.86. The van der Waals surface area contributed by atoms with Crippen molar-refractivity contribution in [3.05, 3.63) is 28.5 Å². The molecule has 1 unspecified atom stereocenters. The molecule has 0 bridgehead atoms. The van der Waals surface area contributed by atoms with E-state index in [1.54, 1.807) is 19.1 Å². The lowest BCUT2D eigenvalue weighted by Crippen LogP contribution is -2.58. The average Bonchev–Trinajstić information content (AvgIpc) is 2.34. The summed E-state index contributed by atoms with van der Waals surface area (Å²) >= 11 is 3.17. The Bertz CT molecular complexity index is 515. The summed E-state index contributed by atoms with van der Waals surface area (Å²) in [4.78, 5) is 40.0. The molecule has 2 rings (SSSR count). The molecule has 1 aromatic heterocycles. The third kappa shape index (κ3) is 2.40. The number of piperazine rings is 1. The standard InChI is InChI=1S/C11H10BrN3O3/c1-6-10(17)14-9(16)5-15(6)11(18)7-2-3-8(12)13-4-7/h2-4,6H,5H2,1H3,(H,14,16,17). The van der Waals surface area contributed by atoms with E-state index >= 15 is 0 Å². The fourth-order valence-electron chi connectivity index (χ4n) is 1.63. The van der Waals surface area contributed by atoms with Crippen molar-refractivity contribution in [3.8, 4) is 0 Å². The van der Waals surface area contributed by atoms with Gasteiger partial charge in [0.25, 0.3) is 5.91 Å². The van der Waals surface area contributed by atoms with Gasteiger partial charge in [-0.2, -0.15) is 0 Å². The number of hydrogen-bond donors (Lipinski definition) is 1. The van der Waals surface area contributed by atoms with Crippen molar-refractivity contribution in [1.82, 2.24) is 15.2 Å². The lowest BCUT2D eigenvalue weighted by atomic mass is 10.1. The third-order valence-electron chi connectivity index (χ3n) is 2.66. The van der Waals surface area contributed by atoms with Crippen LogP contribution in [0.2, 0.25) is 0 Å². The molecule has 1 aliphatic rings. The van der Waals surface area contributed by atoms with Gasteiger partial charge in [-0.1, -0.05) is 0 Å². The van der Waals surface area contributed by atoms with Crippen LogP contribution in [0.25, 0.3) is 0 Å². The first-order valence-electron chi connectivity index (χ1n) is 5.25. The first-order chi connectivity index (χ1) is 8.49. The molecule has 1 atom stereocenters. The second-order valence-electron chi connectivity index (χ2n) is 3.89. The lowest BCUT2D eigenvalue weighted by molar-refractivity contribution is -0.138. The molecule has 0 aliphatic carbocycles. The van der Waals surface area contributed by atoms with Gasteiger partial charge in [0, 0.05) is 6.20 Å². The van der Waals surface area contributed by atoms with Crippen molar-refractivity contribution in [2.75, 3.05) is 6.54 Å². The quantitative estimate of drug-likeness (QED) is 0.599. The van der Waals surface area contributed by atoms with Crippen LogP contribution in [-0.4, -0.2) is 40.2 Å². The Morgan fingerprint density at radius 1 is 1.50 bits per heavy atom. The van der Waals surface area contributed by atoms with E-state index in [4.69, 9.17) is 0 Å². The lowest BCUT2D eigenvalue weighted by Gasteiger charge is -2.31. The number of nitrogens with zero attached hydrogens (tertiary/aromatic N) is 2. The van der Waals surface area contributed by atoms with Gasteiger partial charge in [0.1, 0.15) is 17.2 Å². The number of carbonyl (C=O) groups excluding carboxylic acids is 3. The van der Waals surface area contributed by atoms with Crippen LogP contribution in [0.15, 0.2) is 22.9 Å². The molecular weight excluding hydrogens is 302 g/mol. The van der Waals surface area contributed by atoms with E-state index in [1.807, 2.05) is 0 Å². The maximum atomic E-state index is 12.2. The molecule has 1 N–H and O–H groups in total. The molecule has 0 aromatic carbocycles. The minimum atomic E-state index is -0.668. The topological polar surface area (TPSA) is 79.4 Å². The smallest absolute Gasteiger partial charge is 0.256 e. The first kappa shape index (κ1) is 12.7. The number of pyridine rings is 1. The number of carbonyl (C=O) groups is 3. The Morgan fingerprint density at radius 2 is 2.22 bits per heavy atom. The van der Waals surface area contributed by atoms with E-state index in [0.717, 1.165) is 0 Å². The van der Waals surface area contributed by atoms with E-state index < -0.39 is 17.9 Å². The van der Waals surface area contributed by atoms with Gasteiger partial charge in [-0.25, -0.2) is 4.98 Å². The summed E-state index contributed by atoms with van der Waals surface area (Å²) in [5.41, 5.74) is 0.340. The number of rotatable bonds is 1. The number of halogens is 1. The minimum absolute atomic E-state index is 0.123. The van der Waals surface area contributed by atoms with Crippen LogP contribution in [0.5, 0.6) is 0 Å². The molecule has 1 aliphatic heterocycles. The second kappa shape index (κ2) is 4.85. The predicted molar refractivity (Wildman–Crippen MR) is 65.6 cm³/mol. The Labute approximate surface area is 111 Å². The maximum Gasteiger partial charge on any atom is 0.256 e. The molecule has 1 saturated heterocycles. The van der Waals surface area contributed by atoms with Crippen molar-refractivity contribution in [1.29, 1.82) is 0 Å². The van der Waals surface area contributed by atoms with E-state index in [-0.39, 0.29) is 12.5 Å². The summed E-state index contributed by atoms with van der Waals surface area (Å²) in [6.45, 7) is 1.45. The highest BCUT2D eigenvalue weighted by atomic mass is 79.9. The van der Waals surface area contributed by atoms with Crippen molar-refractivity contribution < 1.29 is 14.4 Å². The highest BCUT2D eigenvalue weighted by molar-refractivity contribution is 9.10. The summed E-state index contributed by atoms with van der Waals surface area (Å²) in [7, 11) is 0. The summed E-state index contributed by atoms with van der Waals surface area (Å²) in [6, 6.07) is 2.55. The largest absolute Gasteiger partial charge is 0.318 e. The van der Waals surface area contributed by atoms with Crippen LogP contribution >= 0.6 is 15.9 Å². The van der Waals surface area contributed by atoms with Crippen LogP contribution in [0.1, 0.15) is 17.3 Å². The van der Waals surface area contributed by atoms with Gasteiger partial charge in [-0.3, -0.25) is 19.7 Å². The summed E-state index contributed by atoms with van der Waals surface area (Å²) in [5.74, 6) is -1.33. The van der Waals surface area contributed by atoms with Crippen LogP contribution in [0.3, 0.4) is 0 Å². The number of imide groups is 1. The molecule has 6 nitrogen and oxygen atoms in total. The zero-order chi connectivity index (χ0) is 13.3. The molecule has 0 radical (unpaired) electrons. The Kier molecular flexibility index (Phi) is 3.42. The van der Waals surface area contributed by atoms with Gasteiger partial charge in [0.15, 0.2) is 0 Å². The van der Waals surface area contributed by atoms with Crippen molar-refractivity contribution in [2.45, 2.75) is 13.0 Å². The van der Waals surface area contributed by atoms with Gasteiger partial charge in [0.05, 0.1) is 5.56 Å². The second-order valence-corrected chi connectivity index (χ2v) is 4.70. The van der Waals surface area contributed by atoms with Crippen LogP contribution in [0.4, 0.5) is 0 Å². The van der Waals surface area contributed by atoms with Gasteiger partial charge in [-0.05, 0) is 35.0 Å². The Morgan fingerprint density at radius 3 is 2.83 bits per heavy atom. The summed E-state index contributed by atoms with van der Waals surface area (Å²) in [6.07, 6.45) is 1.40. The number of nitrogens with one attached hydrogen (secondary N) is 1. The van der Waals surface area contributed by atoms with Crippen LogP contribution < -0.4 is 5.32 Å². The summed E-state index contributed by atoms with van der Waals surface area (Å²) in [5, 5.41) is 2.18. The van der Waals surface area contributed by atoms with Gasteiger partial charge >= 0.3 is 0 Å². The van der Waals surface area contributed by atoms with Crippen molar-refractivity contribution >= 4 is 33.7 Å². The van der Waals surface area contributed by atoms with Gasteiger partial charge in [-0.15, -0.1) is 0 Å². The first-order valence-corrected chi connectivity index (χ1v) is 6.04. The number of aromatic nitrogens is 1. The molecule has 1 fully saturated rings. The van der Waals surface area contributed by atoms with E-state index in [0.29, 0.717) is 10.2 Å². The Balaban J connectivity index is 2.24. The predicted octanol–water partition coefficient (Wildman–Crippen LogP) is 0.331. The molecule has 18 heavy (non-hydrogen) atoms. The molecule has 2 heterocycles. The molecule has 94 valence electrons. The van der Waals surface area contributed by atoms with E-state index in [9.17, 15) is 14.4 Å². The van der Waals surface area contributed by atoms with Crippen molar-refractivity contribution in [2.24, 2.45) is 0 Å². The average molecular weight is 312 g/mol. The van der Waals surface area contributed by atoms with E-state index in [2.05, 4.69) is 26.2 Å². The van der Waals surface area contributed by atoms with Gasteiger partial charge < -0.3 is 4.90 Å². The summed E-state index contributed by atoms with van der Waals surface area (Å²) < 4.78 is 0.611. The SMILES string of the molecule is CC1C(=O)NC(=O)CN1C(=O)c1ccc(Br)nc1.